The molecule has 0 heterocycles. The van der Waals surface area contributed by atoms with Gasteiger partial charge >= 0.3 is 11.9 Å². The zero-order chi connectivity index (χ0) is 19.1. The van der Waals surface area contributed by atoms with Crippen LogP contribution >= 0.6 is 0 Å². The number of carbonyl (C=O) groups excluding carboxylic acids is 2. The van der Waals surface area contributed by atoms with Gasteiger partial charge < -0.3 is 9.47 Å². The molecular weight excluding hydrogens is 340 g/mol. The molecule has 1 saturated carbocycles. The fraction of sp³-hybridized carbons (Fsp3) is 0.478. The van der Waals surface area contributed by atoms with Gasteiger partial charge in [-0.1, -0.05) is 49.2 Å². The first kappa shape index (κ1) is 19.4. The summed E-state index contributed by atoms with van der Waals surface area (Å²) in [5, 5.41) is 2.29. The van der Waals surface area contributed by atoms with Crippen molar-refractivity contribution in [2.75, 3.05) is 0 Å². The van der Waals surface area contributed by atoms with Crippen molar-refractivity contribution in [3.05, 3.63) is 48.0 Å². The van der Waals surface area contributed by atoms with Crippen LogP contribution in [0.3, 0.4) is 0 Å². The van der Waals surface area contributed by atoms with Crippen molar-refractivity contribution in [3.8, 4) is 0 Å². The highest BCUT2D eigenvalue weighted by Crippen LogP contribution is 2.29. The number of fused-ring (bicyclic) bond motifs is 1. The highest BCUT2D eigenvalue weighted by atomic mass is 16.5. The van der Waals surface area contributed by atoms with Gasteiger partial charge in [-0.3, -0.25) is 9.59 Å². The molecule has 4 heteroatoms. The summed E-state index contributed by atoms with van der Waals surface area (Å²) in [5.74, 6) is 0.0115. The lowest BCUT2D eigenvalue weighted by atomic mass is 10.0. The Kier molecular flexibility index (Phi) is 6.86. The summed E-state index contributed by atoms with van der Waals surface area (Å²) in [6.45, 7) is 2.23. The number of ether oxygens (including phenoxy) is 2. The molecule has 0 saturated heterocycles. The maximum Gasteiger partial charge on any atom is 0.306 e. The zero-order valence-electron chi connectivity index (χ0n) is 16.0. The summed E-state index contributed by atoms with van der Waals surface area (Å²) in [6, 6.07) is 14.1. The number of hydrogen-bond donors (Lipinski definition) is 0. The quantitative estimate of drug-likeness (QED) is 0.603. The Morgan fingerprint density at radius 1 is 1.00 bits per heavy atom. The lowest BCUT2D eigenvalue weighted by Crippen LogP contribution is -2.22. The first-order valence-electron chi connectivity index (χ1n) is 9.94. The standard InChI is InChI=1S/C23H28O4/c1-17(19-7-2-3-8-19)27-23(25)12-6-11-22(24)26-16-18-13-14-20-9-4-5-10-21(20)15-18/h4-5,9-10,13-15,17,19H,2-3,6-8,11-12,16H2,1H3. The summed E-state index contributed by atoms with van der Waals surface area (Å²) in [7, 11) is 0. The highest BCUT2D eigenvalue weighted by Gasteiger charge is 2.24. The van der Waals surface area contributed by atoms with Crippen LogP contribution in [-0.2, 0) is 25.7 Å². The minimum Gasteiger partial charge on any atom is -0.462 e. The third-order valence-electron chi connectivity index (χ3n) is 5.36. The third kappa shape index (κ3) is 5.81. The molecule has 1 unspecified atom stereocenters. The number of benzene rings is 2. The van der Waals surface area contributed by atoms with Gasteiger partial charge in [-0.15, -0.1) is 0 Å². The van der Waals surface area contributed by atoms with Crippen molar-refractivity contribution in [3.63, 3.8) is 0 Å². The summed E-state index contributed by atoms with van der Waals surface area (Å²) < 4.78 is 10.8. The smallest absolute Gasteiger partial charge is 0.306 e. The monoisotopic (exact) mass is 368 g/mol. The fourth-order valence-corrected chi connectivity index (χ4v) is 3.73. The van der Waals surface area contributed by atoms with Crippen molar-refractivity contribution < 1.29 is 19.1 Å². The van der Waals surface area contributed by atoms with E-state index in [1.54, 1.807) is 0 Å². The van der Waals surface area contributed by atoms with Crippen molar-refractivity contribution in [2.45, 2.75) is 64.6 Å². The van der Waals surface area contributed by atoms with E-state index in [9.17, 15) is 9.59 Å². The summed E-state index contributed by atoms with van der Waals surface area (Å²) in [6.07, 6.45) is 5.71. The van der Waals surface area contributed by atoms with Gasteiger partial charge in [0, 0.05) is 12.8 Å². The molecule has 0 bridgehead atoms. The van der Waals surface area contributed by atoms with Crippen LogP contribution in [0.15, 0.2) is 42.5 Å². The molecule has 0 aromatic heterocycles. The average Bonchev–Trinajstić information content (AvgIpc) is 3.21. The van der Waals surface area contributed by atoms with Crippen LogP contribution in [0, 0.1) is 5.92 Å². The number of esters is 2. The van der Waals surface area contributed by atoms with Crippen LogP contribution < -0.4 is 0 Å². The summed E-state index contributed by atoms with van der Waals surface area (Å²) in [4.78, 5) is 23.8. The Labute approximate surface area is 160 Å². The van der Waals surface area contributed by atoms with E-state index in [1.807, 2.05) is 43.3 Å². The van der Waals surface area contributed by atoms with Gasteiger partial charge in [0.15, 0.2) is 0 Å². The van der Waals surface area contributed by atoms with Gasteiger partial charge in [-0.2, -0.15) is 0 Å². The molecule has 144 valence electrons. The van der Waals surface area contributed by atoms with E-state index in [0.29, 0.717) is 12.3 Å². The van der Waals surface area contributed by atoms with Crippen molar-refractivity contribution >= 4 is 22.7 Å². The van der Waals surface area contributed by atoms with Gasteiger partial charge in [0.25, 0.3) is 0 Å². The minimum absolute atomic E-state index is 0.0140. The van der Waals surface area contributed by atoms with E-state index in [0.717, 1.165) is 29.2 Å². The van der Waals surface area contributed by atoms with E-state index in [-0.39, 0.29) is 37.5 Å². The topological polar surface area (TPSA) is 52.6 Å². The molecule has 0 amide bonds. The number of rotatable bonds is 8. The van der Waals surface area contributed by atoms with Gasteiger partial charge in [0.1, 0.15) is 12.7 Å². The molecule has 0 spiro atoms. The summed E-state index contributed by atoms with van der Waals surface area (Å²) >= 11 is 0. The number of hydrogen-bond acceptors (Lipinski definition) is 4. The zero-order valence-corrected chi connectivity index (χ0v) is 16.0. The van der Waals surface area contributed by atoms with Gasteiger partial charge in [0.05, 0.1) is 0 Å². The van der Waals surface area contributed by atoms with E-state index >= 15 is 0 Å². The molecule has 4 nitrogen and oxygen atoms in total. The number of carbonyl (C=O) groups is 2. The van der Waals surface area contributed by atoms with Crippen LogP contribution in [0.5, 0.6) is 0 Å². The maximum atomic E-state index is 11.9. The molecule has 1 fully saturated rings. The Morgan fingerprint density at radius 2 is 1.70 bits per heavy atom. The fourth-order valence-electron chi connectivity index (χ4n) is 3.73. The molecule has 3 rings (SSSR count). The molecule has 0 radical (unpaired) electrons. The molecule has 2 aromatic carbocycles. The van der Waals surface area contributed by atoms with Gasteiger partial charge in [0.2, 0.25) is 0 Å². The van der Waals surface area contributed by atoms with Gasteiger partial charge in [-0.25, -0.2) is 0 Å². The minimum atomic E-state index is -0.278. The predicted molar refractivity (Wildman–Crippen MR) is 105 cm³/mol. The Bertz CT molecular complexity index is 777. The third-order valence-corrected chi connectivity index (χ3v) is 5.36. The molecule has 0 aliphatic heterocycles. The summed E-state index contributed by atoms with van der Waals surface area (Å²) in [5.41, 5.74) is 0.965. The molecule has 1 aliphatic rings. The Balaban J connectivity index is 1.34. The van der Waals surface area contributed by atoms with Crippen LogP contribution in [0.25, 0.3) is 10.8 Å². The second-order valence-electron chi connectivity index (χ2n) is 7.44. The van der Waals surface area contributed by atoms with Crippen LogP contribution in [-0.4, -0.2) is 18.0 Å². The van der Waals surface area contributed by atoms with Crippen LogP contribution in [0.4, 0.5) is 0 Å². The van der Waals surface area contributed by atoms with Crippen LogP contribution in [0.2, 0.25) is 0 Å². The lowest BCUT2D eigenvalue weighted by molar-refractivity contribution is -0.151. The molecule has 0 N–H and O–H groups in total. The van der Waals surface area contributed by atoms with E-state index in [2.05, 4.69) is 6.07 Å². The second-order valence-corrected chi connectivity index (χ2v) is 7.44. The SMILES string of the molecule is CC(OC(=O)CCCC(=O)OCc1ccc2ccccc2c1)C1CCCC1. The maximum absolute atomic E-state index is 11.9. The van der Waals surface area contributed by atoms with E-state index in [4.69, 9.17) is 9.47 Å². The largest absolute Gasteiger partial charge is 0.462 e. The highest BCUT2D eigenvalue weighted by molar-refractivity contribution is 5.83. The van der Waals surface area contributed by atoms with Crippen molar-refractivity contribution in [1.82, 2.24) is 0 Å². The lowest BCUT2D eigenvalue weighted by Gasteiger charge is -2.19. The Morgan fingerprint density at radius 3 is 2.48 bits per heavy atom. The van der Waals surface area contributed by atoms with Crippen molar-refractivity contribution in [2.24, 2.45) is 5.92 Å². The molecule has 27 heavy (non-hydrogen) atoms. The molecule has 1 atom stereocenters. The van der Waals surface area contributed by atoms with Crippen LogP contribution in [0.1, 0.15) is 57.4 Å². The molecular formula is C23H28O4. The normalized spacial score (nSPS) is 15.6. The molecule has 1 aliphatic carbocycles. The first-order chi connectivity index (χ1) is 13.1. The first-order valence-corrected chi connectivity index (χ1v) is 9.94. The second kappa shape index (κ2) is 9.54. The van der Waals surface area contributed by atoms with Crippen molar-refractivity contribution in [1.29, 1.82) is 0 Å². The molecule has 2 aromatic rings. The van der Waals surface area contributed by atoms with E-state index < -0.39 is 0 Å². The van der Waals surface area contributed by atoms with Gasteiger partial charge in [-0.05, 0) is 54.5 Å². The predicted octanol–water partition coefficient (Wildman–Crippen LogP) is 5.18. The van der Waals surface area contributed by atoms with E-state index in [1.165, 1.54) is 12.8 Å². The average molecular weight is 368 g/mol. The Hall–Kier alpha value is -2.36.